The molecule has 0 aliphatic heterocycles. The van der Waals surface area contributed by atoms with Gasteiger partial charge in [-0.1, -0.05) is 19.3 Å². The fourth-order valence-electron chi connectivity index (χ4n) is 2.64. The van der Waals surface area contributed by atoms with Crippen LogP contribution in [-0.4, -0.2) is 63.9 Å². The molecule has 1 saturated carbocycles. The predicted octanol–water partition coefficient (Wildman–Crippen LogP) is 1.81. The van der Waals surface area contributed by atoms with Crippen molar-refractivity contribution in [2.75, 3.05) is 47.0 Å². The van der Waals surface area contributed by atoms with Gasteiger partial charge in [0.05, 0.1) is 12.6 Å². The zero-order valence-electron chi connectivity index (χ0n) is 13.7. The van der Waals surface area contributed by atoms with Crippen LogP contribution in [0, 0.1) is 0 Å². The van der Waals surface area contributed by atoms with E-state index in [1.54, 1.807) is 7.11 Å². The van der Waals surface area contributed by atoms with E-state index in [0.717, 1.165) is 32.6 Å². The summed E-state index contributed by atoms with van der Waals surface area (Å²) in [6.07, 6.45) is 8.69. The summed E-state index contributed by atoms with van der Waals surface area (Å²) in [4.78, 5) is 13.7. The van der Waals surface area contributed by atoms with Crippen molar-refractivity contribution in [3.05, 3.63) is 0 Å². The van der Waals surface area contributed by atoms with Crippen molar-refractivity contribution < 1.29 is 14.3 Å². The second-order valence-electron chi connectivity index (χ2n) is 5.92. The summed E-state index contributed by atoms with van der Waals surface area (Å²) in [6, 6.07) is 0. The van der Waals surface area contributed by atoms with E-state index in [1.807, 2.05) is 11.9 Å². The molecule has 0 saturated heterocycles. The number of nitrogens with one attached hydrogen (secondary N) is 1. The number of carbonyl (C=O) groups excluding carboxylic acids is 1. The van der Waals surface area contributed by atoms with Crippen LogP contribution in [-0.2, 0) is 14.3 Å². The summed E-state index contributed by atoms with van der Waals surface area (Å²) in [5.74, 6) is 0.0904. The quantitative estimate of drug-likeness (QED) is 0.591. The summed E-state index contributed by atoms with van der Waals surface area (Å²) in [6.45, 7) is 3.54. The Labute approximate surface area is 129 Å². The van der Waals surface area contributed by atoms with Gasteiger partial charge < -0.3 is 14.8 Å². The van der Waals surface area contributed by atoms with E-state index >= 15 is 0 Å². The van der Waals surface area contributed by atoms with Gasteiger partial charge in [-0.15, -0.1) is 0 Å². The van der Waals surface area contributed by atoms with Crippen molar-refractivity contribution in [2.45, 2.75) is 51.0 Å². The van der Waals surface area contributed by atoms with Gasteiger partial charge in [-0.3, -0.25) is 9.69 Å². The van der Waals surface area contributed by atoms with Crippen LogP contribution in [0.1, 0.15) is 44.9 Å². The molecule has 124 valence electrons. The molecular weight excluding hydrogens is 268 g/mol. The Morgan fingerprint density at radius 3 is 2.67 bits per heavy atom. The van der Waals surface area contributed by atoms with Crippen LogP contribution in [0.4, 0.5) is 0 Å². The summed E-state index contributed by atoms with van der Waals surface area (Å²) in [5, 5.41) is 2.95. The second-order valence-corrected chi connectivity index (χ2v) is 5.92. The third-order valence-electron chi connectivity index (χ3n) is 3.85. The molecule has 0 unspecified atom stereocenters. The Balaban J connectivity index is 1.92. The van der Waals surface area contributed by atoms with Crippen LogP contribution in [0.2, 0.25) is 0 Å². The van der Waals surface area contributed by atoms with E-state index in [2.05, 4.69) is 5.32 Å². The lowest BCUT2D eigenvalue weighted by molar-refractivity contribution is -0.122. The van der Waals surface area contributed by atoms with E-state index in [9.17, 15) is 4.79 Å². The Morgan fingerprint density at radius 2 is 1.95 bits per heavy atom. The second kappa shape index (κ2) is 12.0. The van der Waals surface area contributed by atoms with Crippen molar-refractivity contribution in [1.82, 2.24) is 10.2 Å². The number of methoxy groups -OCH3 is 1. The Bertz CT molecular complexity index is 268. The number of hydrogen-bond acceptors (Lipinski definition) is 4. The molecule has 0 spiro atoms. The first kappa shape index (κ1) is 18.4. The molecule has 1 aliphatic rings. The van der Waals surface area contributed by atoms with Gasteiger partial charge in [-0.2, -0.15) is 0 Å². The van der Waals surface area contributed by atoms with Crippen LogP contribution < -0.4 is 5.32 Å². The fourth-order valence-corrected chi connectivity index (χ4v) is 2.64. The summed E-state index contributed by atoms with van der Waals surface area (Å²) < 4.78 is 10.8. The topological polar surface area (TPSA) is 50.8 Å². The van der Waals surface area contributed by atoms with Crippen LogP contribution in [0.25, 0.3) is 0 Å². The number of likely N-dealkylation sites (N-methyl/N-ethyl adjacent to an activating group) is 1. The van der Waals surface area contributed by atoms with E-state index in [4.69, 9.17) is 9.47 Å². The predicted molar refractivity (Wildman–Crippen MR) is 84.4 cm³/mol. The molecule has 1 fully saturated rings. The third-order valence-corrected chi connectivity index (χ3v) is 3.85. The van der Waals surface area contributed by atoms with Gasteiger partial charge >= 0.3 is 0 Å². The highest BCUT2D eigenvalue weighted by Crippen LogP contribution is 2.20. The number of ether oxygens (including phenoxy) is 2. The lowest BCUT2D eigenvalue weighted by Crippen LogP contribution is -2.36. The monoisotopic (exact) mass is 300 g/mol. The highest BCUT2D eigenvalue weighted by Gasteiger charge is 2.13. The van der Waals surface area contributed by atoms with E-state index in [0.29, 0.717) is 19.2 Å². The first-order valence-corrected chi connectivity index (χ1v) is 8.28. The van der Waals surface area contributed by atoms with E-state index < -0.39 is 0 Å². The van der Waals surface area contributed by atoms with Gasteiger partial charge in [0.25, 0.3) is 0 Å². The average molecular weight is 300 g/mol. The zero-order valence-corrected chi connectivity index (χ0v) is 13.7. The summed E-state index contributed by atoms with van der Waals surface area (Å²) >= 11 is 0. The Kier molecular flexibility index (Phi) is 10.5. The van der Waals surface area contributed by atoms with Gasteiger partial charge in [0.1, 0.15) is 0 Å². The van der Waals surface area contributed by atoms with Crippen LogP contribution >= 0.6 is 0 Å². The molecule has 0 radical (unpaired) electrons. The van der Waals surface area contributed by atoms with Crippen molar-refractivity contribution >= 4 is 5.91 Å². The molecule has 0 aromatic heterocycles. The first-order valence-electron chi connectivity index (χ1n) is 8.28. The molecule has 0 aromatic rings. The smallest absolute Gasteiger partial charge is 0.234 e. The van der Waals surface area contributed by atoms with E-state index in [-0.39, 0.29) is 5.91 Å². The molecule has 0 atom stereocenters. The third kappa shape index (κ3) is 9.82. The van der Waals surface area contributed by atoms with Crippen molar-refractivity contribution in [1.29, 1.82) is 0 Å². The SMILES string of the molecule is COCCCN(C)CC(=O)NCCCOC1CCCCC1. The maximum Gasteiger partial charge on any atom is 0.234 e. The number of carbonyl (C=O) groups is 1. The van der Waals surface area contributed by atoms with Crippen molar-refractivity contribution in [2.24, 2.45) is 0 Å². The maximum atomic E-state index is 11.7. The molecule has 5 heteroatoms. The van der Waals surface area contributed by atoms with Gasteiger partial charge in [0.2, 0.25) is 5.91 Å². The minimum absolute atomic E-state index is 0.0904. The summed E-state index contributed by atoms with van der Waals surface area (Å²) in [7, 11) is 3.66. The molecular formula is C16H32N2O3. The lowest BCUT2D eigenvalue weighted by Gasteiger charge is -2.22. The molecule has 0 aromatic carbocycles. The van der Waals surface area contributed by atoms with E-state index in [1.165, 1.54) is 32.1 Å². The van der Waals surface area contributed by atoms with Gasteiger partial charge in [-0.05, 0) is 32.7 Å². The molecule has 1 amide bonds. The van der Waals surface area contributed by atoms with Crippen LogP contribution in [0.15, 0.2) is 0 Å². The number of amides is 1. The lowest BCUT2D eigenvalue weighted by atomic mass is 9.98. The molecule has 5 nitrogen and oxygen atoms in total. The normalized spacial score (nSPS) is 16.3. The Morgan fingerprint density at radius 1 is 1.19 bits per heavy atom. The van der Waals surface area contributed by atoms with Gasteiger partial charge in [-0.25, -0.2) is 0 Å². The van der Waals surface area contributed by atoms with Gasteiger partial charge in [0.15, 0.2) is 0 Å². The van der Waals surface area contributed by atoms with Crippen LogP contribution in [0.5, 0.6) is 0 Å². The largest absolute Gasteiger partial charge is 0.385 e. The first-order chi connectivity index (χ1) is 10.2. The molecule has 0 bridgehead atoms. The molecule has 1 N–H and O–H groups in total. The minimum Gasteiger partial charge on any atom is -0.385 e. The highest BCUT2D eigenvalue weighted by atomic mass is 16.5. The number of rotatable bonds is 11. The zero-order chi connectivity index (χ0) is 15.3. The Hall–Kier alpha value is -0.650. The van der Waals surface area contributed by atoms with Gasteiger partial charge in [0, 0.05) is 33.4 Å². The maximum absolute atomic E-state index is 11.7. The molecule has 1 aliphatic carbocycles. The molecule has 21 heavy (non-hydrogen) atoms. The fraction of sp³-hybridized carbons (Fsp3) is 0.938. The molecule has 0 heterocycles. The van der Waals surface area contributed by atoms with Crippen molar-refractivity contribution in [3.8, 4) is 0 Å². The van der Waals surface area contributed by atoms with Crippen LogP contribution in [0.3, 0.4) is 0 Å². The average Bonchev–Trinajstić information content (AvgIpc) is 2.48. The standard InChI is InChI=1S/C16H32N2O3/c1-18(11-7-12-20-2)14-16(19)17-10-6-13-21-15-8-4-3-5-9-15/h15H,3-14H2,1-2H3,(H,17,19). The minimum atomic E-state index is 0.0904. The van der Waals surface area contributed by atoms with Crippen molar-refractivity contribution in [3.63, 3.8) is 0 Å². The number of hydrogen-bond donors (Lipinski definition) is 1. The highest BCUT2D eigenvalue weighted by molar-refractivity contribution is 5.77. The summed E-state index contributed by atoms with van der Waals surface area (Å²) in [5.41, 5.74) is 0. The molecule has 1 rings (SSSR count). The number of nitrogens with zero attached hydrogens (tertiary/aromatic N) is 1.